The Labute approximate surface area is 56.5 Å². The van der Waals surface area contributed by atoms with Gasteiger partial charge in [-0.05, 0) is 38.8 Å². The van der Waals surface area contributed by atoms with Crippen LogP contribution in [0.25, 0.3) is 0 Å². The van der Waals surface area contributed by atoms with E-state index in [1.54, 1.807) is 6.08 Å². The third-order valence-electron chi connectivity index (χ3n) is 1.01. The van der Waals surface area contributed by atoms with E-state index < -0.39 is 0 Å². The Morgan fingerprint density at radius 1 is 1.78 bits per heavy atom. The van der Waals surface area contributed by atoms with Crippen molar-refractivity contribution in [2.45, 2.75) is 26.3 Å². The van der Waals surface area contributed by atoms with Crippen molar-refractivity contribution in [1.82, 2.24) is 0 Å². The molecule has 1 atom stereocenters. The molecule has 2 N–H and O–H groups in total. The third kappa shape index (κ3) is 5.28. The topological polar surface area (TPSA) is 38.4 Å². The standard InChI is InChI=1S/C7H14N2/c1-3-6-9-7(2)4-5-8/h3,7H,4-5,8H2,1-2H3. The predicted molar refractivity (Wildman–Crippen MR) is 40.8 cm³/mol. The van der Waals surface area contributed by atoms with Crippen LogP contribution in [0.15, 0.2) is 11.1 Å². The van der Waals surface area contributed by atoms with Crippen molar-refractivity contribution in [3.8, 4) is 0 Å². The lowest BCUT2D eigenvalue weighted by atomic mass is 10.2. The Bertz CT molecular complexity index is 112. The molecule has 0 saturated carbocycles. The first-order chi connectivity index (χ1) is 4.31. The number of hydrogen-bond acceptors (Lipinski definition) is 2. The van der Waals surface area contributed by atoms with E-state index >= 15 is 0 Å². The summed E-state index contributed by atoms with van der Waals surface area (Å²) in [6, 6.07) is 0.325. The van der Waals surface area contributed by atoms with E-state index in [1.807, 2.05) is 13.8 Å². The van der Waals surface area contributed by atoms with Crippen LogP contribution in [-0.2, 0) is 0 Å². The minimum absolute atomic E-state index is 0.325. The van der Waals surface area contributed by atoms with Crippen molar-refractivity contribution in [1.29, 1.82) is 0 Å². The van der Waals surface area contributed by atoms with Gasteiger partial charge < -0.3 is 5.73 Å². The van der Waals surface area contributed by atoms with Crippen molar-refractivity contribution in [3.63, 3.8) is 0 Å². The van der Waals surface area contributed by atoms with Gasteiger partial charge >= 0.3 is 0 Å². The Morgan fingerprint density at radius 2 is 2.44 bits per heavy atom. The second-order valence-corrected chi connectivity index (χ2v) is 1.97. The lowest BCUT2D eigenvalue weighted by Crippen LogP contribution is -2.07. The van der Waals surface area contributed by atoms with Gasteiger partial charge in [0, 0.05) is 0 Å². The van der Waals surface area contributed by atoms with Gasteiger partial charge in [-0.2, -0.15) is 0 Å². The molecule has 0 spiro atoms. The van der Waals surface area contributed by atoms with E-state index in [2.05, 4.69) is 10.9 Å². The van der Waals surface area contributed by atoms with Crippen molar-refractivity contribution < 1.29 is 0 Å². The van der Waals surface area contributed by atoms with Crippen LogP contribution >= 0.6 is 0 Å². The third-order valence-corrected chi connectivity index (χ3v) is 1.01. The molecule has 0 aromatic heterocycles. The second kappa shape index (κ2) is 5.54. The maximum Gasteiger partial charge on any atom is 0.0577 e. The summed E-state index contributed by atoms with van der Waals surface area (Å²) in [6.07, 6.45) is 2.74. The van der Waals surface area contributed by atoms with Crippen LogP contribution < -0.4 is 5.73 Å². The molecule has 0 aliphatic rings. The molecule has 1 unspecified atom stereocenters. The fourth-order valence-electron chi connectivity index (χ4n) is 0.508. The van der Waals surface area contributed by atoms with E-state index in [9.17, 15) is 0 Å². The summed E-state index contributed by atoms with van der Waals surface area (Å²) < 4.78 is 0. The zero-order chi connectivity index (χ0) is 7.11. The first-order valence-corrected chi connectivity index (χ1v) is 3.24. The molecule has 2 heteroatoms. The highest BCUT2D eigenvalue weighted by Gasteiger charge is 1.92. The average Bonchev–Trinajstić information content (AvgIpc) is 1.85. The zero-order valence-corrected chi connectivity index (χ0v) is 6.09. The first kappa shape index (κ1) is 8.41. The molecule has 0 fully saturated rings. The maximum atomic E-state index is 5.30. The SMILES string of the molecule is CC=C=NC(C)CCN. The van der Waals surface area contributed by atoms with Crippen molar-refractivity contribution in [2.24, 2.45) is 10.7 Å². The molecular weight excluding hydrogens is 112 g/mol. The van der Waals surface area contributed by atoms with Gasteiger partial charge in [0.2, 0.25) is 0 Å². The summed E-state index contributed by atoms with van der Waals surface area (Å²) in [5, 5.41) is 0. The van der Waals surface area contributed by atoms with Crippen LogP contribution in [0.2, 0.25) is 0 Å². The highest BCUT2D eigenvalue weighted by atomic mass is 14.7. The van der Waals surface area contributed by atoms with Gasteiger partial charge in [0.1, 0.15) is 0 Å². The molecule has 52 valence electrons. The van der Waals surface area contributed by atoms with Gasteiger partial charge in [-0.25, -0.2) is 4.99 Å². The summed E-state index contributed by atoms with van der Waals surface area (Å²) in [5.74, 6) is 2.78. The molecule has 0 aromatic rings. The van der Waals surface area contributed by atoms with Crippen molar-refractivity contribution in [3.05, 3.63) is 6.08 Å². The van der Waals surface area contributed by atoms with Gasteiger partial charge in [-0.1, -0.05) is 0 Å². The monoisotopic (exact) mass is 126 g/mol. The van der Waals surface area contributed by atoms with Crippen LogP contribution in [0, 0.1) is 0 Å². The fourth-order valence-corrected chi connectivity index (χ4v) is 0.508. The molecule has 0 bridgehead atoms. The number of allylic oxidation sites excluding steroid dienone is 1. The predicted octanol–water partition coefficient (Wildman–Crippen LogP) is 0.970. The smallest absolute Gasteiger partial charge is 0.0577 e. The largest absolute Gasteiger partial charge is 0.330 e. The Balaban J connectivity index is 3.49. The quantitative estimate of drug-likeness (QED) is 0.562. The summed E-state index contributed by atoms with van der Waals surface area (Å²) in [7, 11) is 0. The molecule has 0 saturated heterocycles. The van der Waals surface area contributed by atoms with Crippen LogP contribution in [0.1, 0.15) is 20.3 Å². The highest BCUT2D eigenvalue weighted by molar-refractivity contribution is 5.50. The van der Waals surface area contributed by atoms with Crippen molar-refractivity contribution in [2.75, 3.05) is 6.54 Å². The minimum Gasteiger partial charge on any atom is -0.330 e. The molecule has 2 nitrogen and oxygen atoms in total. The normalized spacial score (nSPS) is 11.9. The number of nitrogens with zero attached hydrogens (tertiary/aromatic N) is 1. The minimum atomic E-state index is 0.325. The Kier molecular flexibility index (Phi) is 5.18. The molecule has 9 heavy (non-hydrogen) atoms. The molecule has 0 aliphatic heterocycles. The Morgan fingerprint density at radius 3 is 2.89 bits per heavy atom. The van der Waals surface area contributed by atoms with E-state index in [1.165, 1.54) is 0 Å². The van der Waals surface area contributed by atoms with E-state index in [0.29, 0.717) is 12.6 Å². The number of nitrogens with two attached hydrogens (primary N) is 1. The lowest BCUT2D eigenvalue weighted by Gasteiger charge is -1.98. The molecule has 0 aliphatic carbocycles. The van der Waals surface area contributed by atoms with Gasteiger partial charge in [-0.3, -0.25) is 0 Å². The highest BCUT2D eigenvalue weighted by Crippen LogP contribution is 1.91. The second-order valence-electron chi connectivity index (χ2n) is 1.97. The van der Waals surface area contributed by atoms with Gasteiger partial charge in [0.15, 0.2) is 0 Å². The average molecular weight is 126 g/mol. The lowest BCUT2D eigenvalue weighted by molar-refractivity contribution is 0.682. The van der Waals surface area contributed by atoms with Gasteiger partial charge in [0.05, 0.1) is 6.04 Å². The fraction of sp³-hybridized carbons (Fsp3) is 0.714. The van der Waals surface area contributed by atoms with E-state index in [-0.39, 0.29) is 0 Å². The van der Waals surface area contributed by atoms with Gasteiger partial charge in [0.25, 0.3) is 0 Å². The van der Waals surface area contributed by atoms with Crippen LogP contribution in [0.5, 0.6) is 0 Å². The van der Waals surface area contributed by atoms with Crippen molar-refractivity contribution >= 4 is 5.87 Å². The Hall–Kier alpha value is -0.590. The summed E-state index contributed by atoms with van der Waals surface area (Å²) in [4.78, 5) is 4.05. The van der Waals surface area contributed by atoms with E-state index in [4.69, 9.17) is 5.73 Å². The van der Waals surface area contributed by atoms with Crippen LogP contribution in [0.4, 0.5) is 0 Å². The molecule has 0 heterocycles. The summed E-state index contributed by atoms with van der Waals surface area (Å²) in [6.45, 7) is 4.64. The van der Waals surface area contributed by atoms with E-state index in [0.717, 1.165) is 6.42 Å². The number of aliphatic imine (C=N–C) groups is 1. The van der Waals surface area contributed by atoms with Crippen LogP contribution in [-0.4, -0.2) is 18.5 Å². The maximum absolute atomic E-state index is 5.30. The number of hydrogen-bond donors (Lipinski definition) is 1. The molecule has 0 amide bonds. The first-order valence-electron chi connectivity index (χ1n) is 3.24. The summed E-state index contributed by atoms with van der Waals surface area (Å²) >= 11 is 0. The zero-order valence-electron chi connectivity index (χ0n) is 6.09. The molecule has 0 aromatic carbocycles. The molecule has 0 rings (SSSR count). The summed E-state index contributed by atoms with van der Waals surface area (Å²) in [5.41, 5.74) is 5.30. The van der Waals surface area contributed by atoms with Crippen LogP contribution in [0.3, 0.4) is 0 Å². The number of rotatable bonds is 3. The van der Waals surface area contributed by atoms with Gasteiger partial charge in [-0.15, -0.1) is 0 Å². The molecule has 0 radical (unpaired) electrons. The molecular formula is C7H14N2.